The lowest BCUT2D eigenvalue weighted by atomic mass is 9.93. The van der Waals surface area contributed by atoms with Crippen LogP contribution in [0.3, 0.4) is 0 Å². The van der Waals surface area contributed by atoms with Gasteiger partial charge in [0.1, 0.15) is 0 Å². The van der Waals surface area contributed by atoms with Gasteiger partial charge < -0.3 is 5.11 Å². The highest BCUT2D eigenvalue weighted by Gasteiger charge is 2.09. The predicted molar refractivity (Wildman–Crippen MR) is 86.5 cm³/mol. The largest absolute Gasteiger partial charge is 0.481 e. The Balaban J connectivity index is 2.31. The molecular formula is C19H22O2. The minimum atomic E-state index is -0.789. The molecule has 0 aliphatic heterocycles. The number of hydrogen-bond donors (Lipinski definition) is 1. The second kappa shape index (κ2) is 6.57. The normalized spacial score (nSPS) is 10.9. The molecule has 2 nitrogen and oxygen atoms in total. The number of rotatable bonds is 5. The Bertz CT molecular complexity index is 625. The molecule has 110 valence electrons. The maximum absolute atomic E-state index is 10.9. The van der Waals surface area contributed by atoms with Crippen molar-refractivity contribution < 1.29 is 9.90 Å². The van der Waals surface area contributed by atoms with Gasteiger partial charge >= 0.3 is 5.97 Å². The van der Waals surface area contributed by atoms with E-state index in [0.29, 0.717) is 5.92 Å². The number of carboxylic acid groups (broad SMARTS) is 1. The first kappa shape index (κ1) is 15.3. The molecule has 0 aliphatic carbocycles. The third-order valence-corrected chi connectivity index (χ3v) is 3.70. The zero-order valence-corrected chi connectivity index (χ0v) is 12.9. The lowest BCUT2D eigenvalue weighted by Gasteiger charge is -2.11. The summed E-state index contributed by atoms with van der Waals surface area (Å²) in [6.07, 6.45) is 1.16. The van der Waals surface area contributed by atoms with Crippen LogP contribution in [0.5, 0.6) is 0 Å². The van der Waals surface area contributed by atoms with E-state index in [9.17, 15) is 4.79 Å². The van der Waals surface area contributed by atoms with Crippen LogP contribution < -0.4 is 0 Å². The molecule has 21 heavy (non-hydrogen) atoms. The minimum absolute atomic E-state index is 0.0745. The number of benzene rings is 2. The van der Waals surface area contributed by atoms with E-state index in [1.807, 2.05) is 19.1 Å². The number of aliphatic carboxylic acids is 1. The van der Waals surface area contributed by atoms with Gasteiger partial charge in [0, 0.05) is 0 Å². The van der Waals surface area contributed by atoms with E-state index in [1.165, 1.54) is 5.56 Å². The predicted octanol–water partition coefficient (Wildman–Crippen LogP) is 4.49. The Morgan fingerprint density at radius 2 is 1.76 bits per heavy atom. The zero-order chi connectivity index (χ0) is 15.4. The van der Waals surface area contributed by atoms with E-state index in [2.05, 4.69) is 44.2 Å². The van der Waals surface area contributed by atoms with Gasteiger partial charge in [0.15, 0.2) is 0 Å². The molecule has 2 aromatic rings. The molecule has 0 fully saturated rings. The Morgan fingerprint density at radius 1 is 1.10 bits per heavy atom. The summed E-state index contributed by atoms with van der Waals surface area (Å²) in [5.74, 6) is -0.140. The summed E-state index contributed by atoms with van der Waals surface area (Å²) >= 11 is 0. The van der Waals surface area contributed by atoms with Crippen molar-refractivity contribution in [2.75, 3.05) is 0 Å². The SMILES string of the molecule is Cc1c(CC(=O)O)cccc1-c1ccc(CC(C)C)cc1. The highest BCUT2D eigenvalue weighted by molar-refractivity contribution is 5.74. The Labute approximate surface area is 126 Å². The van der Waals surface area contributed by atoms with Gasteiger partial charge in [0.2, 0.25) is 0 Å². The summed E-state index contributed by atoms with van der Waals surface area (Å²) < 4.78 is 0. The fourth-order valence-corrected chi connectivity index (χ4v) is 2.64. The lowest BCUT2D eigenvalue weighted by Crippen LogP contribution is -2.02. The van der Waals surface area contributed by atoms with Crippen LogP contribution in [0.2, 0.25) is 0 Å². The molecule has 2 aromatic carbocycles. The van der Waals surface area contributed by atoms with Crippen LogP contribution in [0.25, 0.3) is 11.1 Å². The van der Waals surface area contributed by atoms with Crippen molar-refractivity contribution >= 4 is 5.97 Å². The van der Waals surface area contributed by atoms with E-state index < -0.39 is 5.97 Å². The summed E-state index contributed by atoms with van der Waals surface area (Å²) in [5.41, 5.74) is 5.54. The molecule has 1 N–H and O–H groups in total. The summed E-state index contributed by atoms with van der Waals surface area (Å²) in [7, 11) is 0. The first-order valence-electron chi connectivity index (χ1n) is 7.37. The van der Waals surface area contributed by atoms with Gasteiger partial charge in [0.25, 0.3) is 0 Å². The third-order valence-electron chi connectivity index (χ3n) is 3.70. The highest BCUT2D eigenvalue weighted by Crippen LogP contribution is 2.26. The van der Waals surface area contributed by atoms with Crippen LogP contribution in [0.4, 0.5) is 0 Å². The summed E-state index contributed by atoms with van der Waals surface area (Å²) in [6.45, 7) is 6.43. The van der Waals surface area contributed by atoms with E-state index in [1.54, 1.807) is 0 Å². The second-order valence-corrected chi connectivity index (χ2v) is 5.96. The second-order valence-electron chi connectivity index (χ2n) is 5.96. The smallest absolute Gasteiger partial charge is 0.307 e. The van der Waals surface area contributed by atoms with Crippen molar-refractivity contribution in [1.29, 1.82) is 0 Å². The number of hydrogen-bond acceptors (Lipinski definition) is 1. The maximum Gasteiger partial charge on any atom is 0.307 e. The monoisotopic (exact) mass is 282 g/mol. The van der Waals surface area contributed by atoms with Crippen LogP contribution in [-0.4, -0.2) is 11.1 Å². The molecule has 0 aromatic heterocycles. The summed E-state index contributed by atoms with van der Waals surface area (Å²) in [4.78, 5) is 10.9. The van der Waals surface area contributed by atoms with Crippen molar-refractivity contribution in [2.24, 2.45) is 5.92 Å². The molecule has 0 unspecified atom stereocenters. The maximum atomic E-state index is 10.9. The minimum Gasteiger partial charge on any atom is -0.481 e. The van der Waals surface area contributed by atoms with E-state index >= 15 is 0 Å². The topological polar surface area (TPSA) is 37.3 Å². The van der Waals surface area contributed by atoms with Crippen LogP contribution in [-0.2, 0) is 17.6 Å². The molecule has 0 atom stereocenters. The Hall–Kier alpha value is -2.09. The van der Waals surface area contributed by atoms with Crippen molar-refractivity contribution in [3.63, 3.8) is 0 Å². The molecule has 0 heterocycles. The number of carboxylic acids is 1. The zero-order valence-electron chi connectivity index (χ0n) is 12.9. The lowest BCUT2D eigenvalue weighted by molar-refractivity contribution is -0.136. The summed E-state index contributed by atoms with van der Waals surface area (Å²) in [6, 6.07) is 14.5. The molecule has 0 saturated heterocycles. The van der Waals surface area contributed by atoms with Gasteiger partial charge in [-0.3, -0.25) is 4.79 Å². The standard InChI is InChI=1S/C19H22O2/c1-13(2)11-15-7-9-16(10-8-15)18-6-4-5-17(14(18)3)12-19(20)21/h4-10,13H,11-12H2,1-3H3,(H,20,21). The van der Waals surface area contributed by atoms with Gasteiger partial charge in [-0.25, -0.2) is 0 Å². The molecule has 2 heteroatoms. The summed E-state index contributed by atoms with van der Waals surface area (Å²) in [5, 5.41) is 8.97. The molecule has 0 aliphatic rings. The average Bonchev–Trinajstić information content (AvgIpc) is 2.41. The fraction of sp³-hybridized carbons (Fsp3) is 0.316. The van der Waals surface area contributed by atoms with E-state index in [-0.39, 0.29) is 6.42 Å². The first-order valence-corrected chi connectivity index (χ1v) is 7.37. The van der Waals surface area contributed by atoms with Crippen LogP contribution in [0.1, 0.15) is 30.5 Å². The molecule has 0 saturated carbocycles. The molecule has 0 radical (unpaired) electrons. The average molecular weight is 282 g/mol. The first-order chi connectivity index (χ1) is 9.97. The van der Waals surface area contributed by atoms with Crippen molar-refractivity contribution in [1.82, 2.24) is 0 Å². The van der Waals surface area contributed by atoms with Gasteiger partial charge in [-0.05, 0) is 47.1 Å². The fourth-order valence-electron chi connectivity index (χ4n) is 2.64. The quantitative estimate of drug-likeness (QED) is 0.877. The molecule has 0 bridgehead atoms. The van der Waals surface area contributed by atoms with Crippen molar-refractivity contribution in [3.8, 4) is 11.1 Å². The van der Waals surface area contributed by atoms with Crippen LogP contribution in [0, 0.1) is 12.8 Å². The number of carbonyl (C=O) groups is 1. The molecule has 0 spiro atoms. The molecule has 0 amide bonds. The van der Waals surface area contributed by atoms with Gasteiger partial charge in [0.05, 0.1) is 6.42 Å². The van der Waals surface area contributed by atoms with Gasteiger partial charge in [-0.1, -0.05) is 56.3 Å². The van der Waals surface area contributed by atoms with Crippen molar-refractivity contribution in [2.45, 2.75) is 33.6 Å². The molecule has 2 rings (SSSR count). The van der Waals surface area contributed by atoms with E-state index in [0.717, 1.165) is 28.7 Å². The van der Waals surface area contributed by atoms with Crippen molar-refractivity contribution in [3.05, 3.63) is 59.2 Å². The van der Waals surface area contributed by atoms with E-state index in [4.69, 9.17) is 5.11 Å². The Kier molecular flexibility index (Phi) is 4.79. The molecular weight excluding hydrogens is 260 g/mol. The Morgan fingerprint density at radius 3 is 2.33 bits per heavy atom. The third kappa shape index (κ3) is 3.94. The highest BCUT2D eigenvalue weighted by atomic mass is 16.4. The van der Waals surface area contributed by atoms with Crippen LogP contribution >= 0.6 is 0 Å². The van der Waals surface area contributed by atoms with Gasteiger partial charge in [-0.2, -0.15) is 0 Å². The van der Waals surface area contributed by atoms with Crippen LogP contribution in [0.15, 0.2) is 42.5 Å². The van der Waals surface area contributed by atoms with Gasteiger partial charge in [-0.15, -0.1) is 0 Å².